The molecule has 2 aliphatic heterocycles. The standard InChI is InChI=1S/C7H11F2O3P.W/c1-4-5(8)6-7(9,11-4)3-10-13(2)12-6;/h4-6H,3H2,1-2H3;/t4-,5-,6-,7+,13-;/m0./s1. The van der Waals surface area contributed by atoms with Crippen LogP contribution in [0.15, 0.2) is 0 Å². The molecule has 82 valence electrons. The van der Waals surface area contributed by atoms with Gasteiger partial charge in [-0.3, -0.25) is 0 Å². The summed E-state index contributed by atoms with van der Waals surface area (Å²) in [5.41, 5.74) is 0. The van der Waals surface area contributed by atoms with E-state index in [1.54, 1.807) is 6.66 Å². The van der Waals surface area contributed by atoms with E-state index in [0.29, 0.717) is 0 Å². The summed E-state index contributed by atoms with van der Waals surface area (Å²) in [5, 5.41) is -1.99. The third-order valence-electron chi connectivity index (χ3n) is 2.35. The summed E-state index contributed by atoms with van der Waals surface area (Å²) in [6, 6.07) is 0. The number of hydrogen-bond donors (Lipinski definition) is 0. The van der Waals surface area contributed by atoms with E-state index in [0.717, 1.165) is 18.8 Å². The van der Waals surface area contributed by atoms with Crippen molar-refractivity contribution in [2.24, 2.45) is 0 Å². The Kier molecular flexibility index (Phi) is 2.78. The third kappa shape index (κ3) is 1.78. The monoisotopic (exact) mass is 396 g/mol. The van der Waals surface area contributed by atoms with Crippen molar-refractivity contribution in [1.29, 1.82) is 0 Å². The molecule has 0 aliphatic carbocycles. The second-order valence-corrected chi connectivity index (χ2v) is 12.8. The molecule has 0 N–H and O–H groups in total. The number of hydrogen-bond acceptors (Lipinski definition) is 3. The Morgan fingerprint density at radius 2 is 2.21 bits per heavy atom. The maximum absolute atomic E-state index is 13.9. The Morgan fingerprint density at radius 3 is 2.86 bits per heavy atom. The van der Waals surface area contributed by atoms with Crippen LogP contribution in [0.2, 0.25) is 0 Å². The summed E-state index contributed by atoms with van der Waals surface area (Å²) in [4.78, 5) is 0. The fourth-order valence-electron chi connectivity index (χ4n) is 1.62. The van der Waals surface area contributed by atoms with E-state index in [-0.39, 0.29) is 6.61 Å². The molecule has 2 saturated heterocycles. The van der Waals surface area contributed by atoms with Crippen LogP contribution in [0, 0.1) is 0 Å². The molecule has 3 nitrogen and oxygen atoms in total. The SMILES string of the molecule is C[C@@H]1O[C@]2(F)CO[P@@](C)(=[W])O[C@H]2[C@H]1F. The Balaban J connectivity index is 2.25. The van der Waals surface area contributed by atoms with Gasteiger partial charge in [0.15, 0.2) is 0 Å². The zero-order valence-electron chi connectivity index (χ0n) is 7.78. The van der Waals surface area contributed by atoms with Gasteiger partial charge in [0.2, 0.25) is 0 Å². The average Bonchev–Trinajstić information content (AvgIpc) is 2.27. The predicted octanol–water partition coefficient (Wildman–Crippen LogP) is 1.76. The average molecular weight is 396 g/mol. The second kappa shape index (κ2) is 3.43. The first kappa shape index (κ1) is 11.3. The first-order chi connectivity index (χ1) is 6.34. The molecule has 5 atom stereocenters. The summed E-state index contributed by atoms with van der Waals surface area (Å²) < 4.78 is 42.9. The van der Waals surface area contributed by atoms with Crippen molar-refractivity contribution >= 4 is 5.35 Å². The molecular formula is C7H11F2O3PW. The minimum absolute atomic E-state index is 0.212. The Labute approximate surface area is 91.4 Å². The van der Waals surface area contributed by atoms with Crippen molar-refractivity contribution in [1.82, 2.24) is 0 Å². The van der Waals surface area contributed by atoms with Gasteiger partial charge in [0.1, 0.15) is 0 Å². The van der Waals surface area contributed by atoms with Gasteiger partial charge in [0.05, 0.1) is 0 Å². The van der Waals surface area contributed by atoms with Crippen molar-refractivity contribution in [3.63, 3.8) is 0 Å². The molecular weight excluding hydrogens is 385 g/mol. The molecule has 2 aliphatic rings. The fourth-order valence-corrected chi connectivity index (χ4v) is 4.35. The number of ether oxygens (including phenoxy) is 1. The predicted molar refractivity (Wildman–Crippen MR) is 43.0 cm³/mol. The van der Waals surface area contributed by atoms with Gasteiger partial charge in [0.25, 0.3) is 0 Å². The van der Waals surface area contributed by atoms with Gasteiger partial charge in [-0.1, -0.05) is 0 Å². The molecule has 0 aromatic rings. The van der Waals surface area contributed by atoms with Crippen LogP contribution in [0.4, 0.5) is 8.78 Å². The number of alkyl halides is 2. The Morgan fingerprint density at radius 1 is 1.57 bits per heavy atom. The third-order valence-corrected chi connectivity index (χ3v) is 5.62. The van der Waals surface area contributed by atoms with Crippen molar-refractivity contribution in [3.05, 3.63) is 0 Å². The Bertz CT molecular complexity index is 303. The van der Waals surface area contributed by atoms with Gasteiger partial charge >= 0.3 is 91.2 Å². The number of fused-ring (bicyclic) bond motifs is 1. The number of halogens is 2. The quantitative estimate of drug-likeness (QED) is 0.585. The normalized spacial score (nSPS) is 58.4. The van der Waals surface area contributed by atoms with Crippen LogP contribution in [0.5, 0.6) is 0 Å². The molecule has 0 aromatic carbocycles. The first-order valence-corrected chi connectivity index (χ1v) is 10.2. The molecule has 0 amide bonds. The summed E-state index contributed by atoms with van der Waals surface area (Å²) in [6.45, 7) is 3.07. The van der Waals surface area contributed by atoms with Crippen LogP contribution in [0.1, 0.15) is 6.92 Å². The van der Waals surface area contributed by atoms with E-state index in [1.807, 2.05) is 0 Å². The van der Waals surface area contributed by atoms with Crippen LogP contribution in [0.25, 0.3) is 0 Å². The molecule has 0 saturated carbocycles. The number of rotatable bonds is 0. The van der Waals surface area contributed by atoms with Crippen LogP contribution in [-0.4, -0.2) is 37.5 Å². The maximum atomic E-state index is 13.9. The fraction of sp³-hybridized carbons (Fsp3) is 1.00. The topological polar surface area (TPSA) is 27.7 Å². The van der Waals surface area contributed by atoms with Gasteiger partial charge in [-0.2, -0.15) is 0 Å². The van der Waals surface area contributed by atoms with Crippen molar-refractivity contribution in [2.75, 3.05) is 13.3 Å². The van der Waals surface area contributed by atoms with Gasteiger partial charge in [-0.25, -0.2) is 0 Å². The van der Waals surface area contributed by atoms with Gasteiger partial charge in [0, 0.05) is 0 Å². The van der Waals surface area contributed by atoms with E-state index in [2.05, 4.69) is 0 Å². The minimum atomic E-state index is -2.09. The van der Waals surface area contributed by atoms with E-state index in [1.165, 1.54) is 6.92 Å². The zero-order valence-corrected chi connectivity index (χ0v) is 11.6. The molecule has 0 radical (unpaired) electrons. The molecule has 2 fully saturated rings. The van der Waals surface area contributed by atoms with E-state index in [9.17, 15) is 8.78 Å². The summed E-state index contributed by atoms with van der Waals surface area (Å²) in [7, 11) is 0. The van der Waals surface area contributed by atoms with E-state index < -0.39 is 29.6 Å². The van der Waals surface area contributed by atoms with Crippen LogP contribution < -0.4 is 0 Å². The van der Waals surface area contributed by atoms with Gasteiger partial charge < -0.3 is 0 Å². The Hall–Kier alpha value is 0.858. The van der Waals surface area contributed by atoms with Crippen molar-refractivity contribution < 1.29 is 41.4 Å². The molecule has 2 heterocycles. The van der Waals surface area contributed by atoms with Crippen molar-refractivity contribution in [3.8, 4) is 0 Å². The van der Waals surface area contributed by atoms with E-state index in [4.69, 9.17) is 13.8 Å². The second-order valence-electron chi connectivity index (χ2n) is 3.62. The molecule has 0 aromatic heterocycles. The molecule has 7 heteroatoms. The molecule has 0 unspecified atom stereocenters. The first-order valence-electron chi connectivity index (χ1n) is 4.25. The van der Waals surface area contributed by atoms with Crippen LogP contribution in [-0.2, 0) is 32.6 Å². The zero-order chi connectivity index (χ0) is 10.6. The van der Waals surface area contributed by atoms with Gasteiger partial charge in [-0.05, 0) is 0 Å². The summed E-state index contributed by atoms with van der Waals surface area (Å²) in [6.07, 6.45) is -3.27. The van der Waals surface area contributed by atoms with Gasteiger partial charge in [-0.15, -0.1) is 0 Å². The molecule has 0 spiro atoms. The van der Waals surface area contributed by atoms with E-state index >= 15 is 0 Å². The van der Waals surface area contributed by atoms with Crippen LogP contribution >= 0.6 is 5.35 Å². The van der Waals surface area contributed by atoms with Crippen molar-refractivity contribution in [2.45, 2.75) is 31.2 Å². The van der Waals surface area contributed by atoms with Crippen LogP contribution in [0.3, 0.4) is 0 Å². The summed E-state index contributed by atoms with van der Waals surface area (Å²) >= 11 is 1.10. The molecule has 0 bridgehead atoms. The summed E-state index contributed by atoms with van der Waals surface area (Å²) in [5.74, 6) is -2.09. The molecule has 2 rings (SSSR count). The molecule has 14 heavy (non-hydrogen) atoms.